The minimum atomic E-state index is 0.242. The molecule has 1 atom stereocenters. The normalized spacial score (nSPS) is 21.5. The third-order valence-corrected chi connectivity index (χ3v) is 5.05. The van der Waals surface area contributed by atoms with E-state index in [1.807, 2.05) is 0 Å². The van der Waals surface area contributed by atoms with Gasteiger partial charge in [0.2, 0.25) is 0 Å². The van der Waals surface area contributed by atoms with Crippen molar-refractivity contribution in [1.82, 2.24) is 5.32 Å². The molecule has 3 nitrogen and oxygen atoms in total. The highest BCUT2D eigenvalue weighted by Gasteiger charge is 2.36. The molecule has 1 unspecified atom stereocenters. The van der Waals surface area contributed by atoms with E-state index in [2.05, 4.69) is 55.3 Å². The summed E-state index contributed by atoms with van der Waals surface area (Å²) in [6, 6.07) is 9.25. The maximum atomic E-state index is 5.39. The number of anilines is 1. The average Bonchev–Trinajstić information content (AvgIpc) is 2.55. The molecule has 1 aliphatic rings. The topological polar surface area (TPSA) is 24.5 Å². The highest BCUT2D eigenvalue weighted by atomic mass is 16.5. The first kappa shape index (κ1) is 16.3. The van der Waals surface area contributed by atoms with E-state index in [-0.39, 0.29) is 5.54 Å². The van der Waals surface area contributed by atoms with Crippen LogP contribution in [-0.2, 0) is 11.3 Å². The van der Waals surface area contributed by atoms with Crippen molar-refractivity contribution in [3.8, 4) is 0 Å². The third kappa shape index (κ3) is 3.41. The molecule has 118 valence electrons. The van der Waals surface area contributed by atoms with Crippen LogP contribution in [0.25, 0.3) is 0 Å². The molecule has 1 aromatic rings. The van der Waals surface area contributed by atoms with Gasteiger partial charge in [-0.3, -0.25) is 0 Å². The zero-order valence-electron chi connectivity index (χ0n) is 14.0. The summed E-state index contributed by atoms with van der Waals surface area (Å²) in [7, 11) is 1.77. The molecule has 0 spiro atoms. The minimum Gasteiger partial charge on any atom is -0.380 e. The van der Waals surface area contributed by atoms with E-state index in [4.69, 9.17) is 4.74 Å². The van der Waals surface area contributed by atoms with Crippen LogP contribution in [0.4, 0.5) is 5.69 Å². The largest absolute Gasteiger partial charge is 0.380 e. The second-order valence-corrected chi connectivity index (χ2v) is 6.12. The molecule has 1 saturated heterocycles. The molecule has 0 saturated carbocycles. The van der Waals surface area contributed by atoms with Gasteiger partial charge in [0.15, 0.2) is 0 Å². The Kier molecular flexibility index (Phi) is 5.65. The lowest BCUT2D eigenvalue weighted by Gasteiger charge is -2.49. The van der Waals surface area contributed by atoms with Crippen LogP contribution in [0.5, 0.6) is 0 Å². The summed E-state index contributed by atoms with van der Waals surface area (Å²) in [5.41, 5.74) is 2.88. The van der Waals surface area contributed by atoms with Gasteiger partial charge in [-0.1, -0.05) is 39.0 Å². The number of piperazine rings is 1. The Morgan fingerprint density at radius 3 is 2.57 bits per heavy atom. The van der Waals surface area contributed by atoms with Gasteiger partial charge in [0, 0.05) is 43.0 Å². The van der Waals surface area contributed by atoms with Crippen LogP contribution in [0, 0.1) is 0 Å². The van der Waals surface area contributed by atoms with Crippen LogP contribution in [-0.4, -0.2) is 31.8 Å². The molecule has 3 heteroatoms. The molecule has 0 amide bonds. The fourth-order valence-corrected chi connectivity index (χ4v) is 3.39. The number of nitrogens with one attached hydrogen (secondary N) is 1. The van der Waals surface area contributed by atoms with Gasteiger partial charge in [-0.05, 0) is 25.3 Å². The molecular weight excluding hydrogens is 260 g/mol. The number of ether oxygens (including phenoxy) is 1. The van der Waals surface area contributed by atoms with Crippen molar-refractivity contribution in [3.05, 3.63) is 29.8 Å². The standard InChI is InChI=1S/C18H30N2O/c1-5-16-12-19-18(6-2,7-3)14-20(16)17-11-9-8-10-15(17)13-21-4/h8-11,16,19H,5-7,12-14H2,1-4H3. The number of rotatable bonds is 6. The second kappa shape index (κ2) is 7.28. The molecule has 0 radical (unpaired) electrons. The number of benzene rings is 1. The summed E-state index contributed by atoms with van der Waals surface area (Å²) in [4.78, 5) is 2.61. The maximum absolute atomic E-state index is 5.39. The molecule has 21 heavy (non-hydrogen) atoms. The van der Waals surface area contributed by atoms with Gasteiger partial charge in [-0.2, -0.15) is 0 Å². The van der Waals surface area contributed by atoms with Crippen molar-refractivity contribution in [3.63, 3.8) is 0 Å². The molecular formula is C18H30N2O. The zero-order valence-corrected chi connectivity index (χ0v) is 14.0. The van der Waals surface area contributed by atoms with Gasteiger partial charge in [0.25, 0.3) is 0 Å². The highest BCUT2D eigenvalue weighted by molar-refractivity contribution is 5.55. The van der Waals surface area contributed by atoms with Crippen molar-refractivity contribution >= 4 is 5.69 Å². The third-order valence-electron chi connectivity index (χ3n) is 5.05. The first-order valence-electron chi connectivity index (χ1n) is 8.28. The summed E-state index contributed by atoms with van der Waals surface area (Å²) < 4.78 is 5.39. The zero-order chi connectivity index (χ0) is 15.3. The van der Waals surface area contributed by atoms with E-state index in [9.17, 15) is 0 Å². The van der Waals surface area contributed by atoms with E-state index in [1.54, 1.807) is 7.11 Å². The van der Waals surface area contributed by atoms with Gasteiger partial charge in [0.05, 0.1) is 6.61 Å². The summed E-state index contributed by atoms with van der Waals surface area (Å²) >= 11 is 0. The molecule has 1 N–H and O–H groups in total. The van der Waals surface area contributed by atoms with Gasteiger partial charge in [0.1, 0.15) is 0 Å². The molecule has 0 aliphatic carbocycles. The average molecular weight is 290 g/mol. The number of nitrogens with zero attached hydrogens (tertiary/aromatic N) is 1. The Hall–Kier alpha value is -1.06. The Morgan fingerprint density at radius 2 is 1.95 bits per heavy atom. The first-order chi connectivity index (χ1) is 10.2. The van der Waals surface area contributed by atoms with Crippen LogP contribution in [0.3, 0.4) is 0 Å². The lowest BCUT2D eigenvalue weighted by Crippen LogP contribution is -2.64. The fourth-order valence-electron chi connectivity index (χ4n) is 3.39. The number of hydrogen-bond acceptors (Lipinski definition) is 3. The summed E-state index contributed by atoms with van der Waals surface area (Å²) in [5.74, 6) is 0. The smallest absolute Gasteiger partial charge is 0.0733 e. The van der Waals surface area contributed by atoms with Crippen LogP contribution >= 0.6 is 0 Å². The van der Waals surface area contributed by atoms with Crippen LogP contribution in [0.15, 0.2) is 24.3 Å². The summed E-state index contributed by atoms with van der Waals surface area (Å²) in [5, 5.41) is 3.81. The Bertz CT molecular complexity index is 443. The Balaban J connectivity index is 2.33. The van der Waals surface area contributed by atoms with Crippen molar-refractivity contribution in [2.45, 2.75) is 58.2 Å². The predicted molar refractivity (Wildman–Crippen MR) is 89.9 cm³/mol. The van der Waals surface area contributed by atoms with E-state index in [1.165, 1.54) is 24.1 Å². The van der Waals surface area contributed by atoms with E-state index >= 15 is 0 Å². The van der Waals surface area contributed by atoms with Crippen LogP contribution < -0.4 is 10.2 Å². The lowest BCUT2D eigenvalue weighted by atomic mass is 9.87. The van der Waals surface area contributed by atoms with E-state index < -0.39 is 0 Å². The SMILES string of the molecule is CCC1CNC(CC)(CC)CN1c1ccccc1COC. The molecule has 2 rings (SSSR count). The maximum Gasteiger partial charge on any atom is 0.0733 e. The molecule has 1 aliphatic heterocycles. The van der Waals surface area contributed by atoms with Crippen molar-refractivity contribution in [2.24, 2.45) is 0 Å². The van der Waals surface area contributed by atoms with Gasteiger partial charge < -0.3 is 15.0 Å². The van der Waals surface area contributed by atoms with Crippen LogP contribution in [0.1, 0.15) is 45.6 Å². The van der Waals surface area contributed by atoms with Crippen molar-refractivity contribution in [2.75, 3.05) is 25.1 Å². The molecule has 0 bridgehead atoms. The second-order valence-electron chi connectivity index (χ2n) is 6.12. The predicted octanol–water partition coefficient (Wildman–Crippen LogP) is 3.58. The number of para-hydroxylation sites is 1. The first-order valence-corrected chi connectivity index (χ1v) is 8.28. The van der Waals surface area contributed by atoms with Crippen molar-refractivity contribution < 1.29 is 4.74 Å². The molecule has 1 fully saturated rings. The highest BCUT2D eigenvalue weighted by Crippen LogP contribution is 2.31. The van der Waals surface area contributed by atoms with E-state index in [0.717, 1.165) is 19.5 Å². The monoisotopic (exact) mass is 290 g/mol. The van der Waals surface area contributed by atoms with Crippen molar-refractivity contribution in [1.29, 1.82) is 0 Å². The molecule has 0 aromatic heterocycles. The Morgan fingerprint density at radius 1 is 1.24 bits per heavy atom. The van der Waals surface area contributed by atoms with E-state index in [0.29, 0.717) is 12.6 Å². The van der Waals surface area contributed by atoms with Gasteiger partial charge >= 0.3 is 0 Å². The number of hydrogen-bond donors (Lipinski definition) is 1. The lowest BCUT2D eigenvalue weighted by molar-refractivity contribution is 0.184. The van der Waals surface area contributed by atoms with Gasteiger partial charge in [-0.15, -0.1) is 0 Å². The fraction of sp³-hybridized carbons (Fsp3) is 0.667. The Labute approximate surface area is 129 Å². The molecule has 1 heterocycles. The van der Waals surface area contributed by atoms with Crippen LogP contribution in [0.2, 0.25) is 0 Å². The summed E-state index contributed by atoms with van der Waals surface area (Å²) in [6.45, 7) is 9.70. The number of methoxy groups -OCH3 is 1. The molecule has 1 aromatic carbocycles. The summed E-state index contributed by atoms with van der Waals surface area (Å²) in [6.07, 6.45) is 3.50. The quantitative estimate of drug-likeness (QED) is 0.866. The minimum absolute atomic E-state index is 0.242. The van der Waals surface area contributed by atoms with Gasteiger partial charge in [-0.25, -0.2) is 0 Å².